The van der Waals surface area contributed by atoms with Gasteiger partial charge in [0.2, 0.25) is 0 Å². The molecule has 0 saturated heterocycles. The van der Waals surface area contributed by atoms with Crippen LogP contribution in [-0.4, -0.2) is 9.78 Å². The van der Waals surface area contributed by atoms with Crippen molar-refractivity contribution in [1.82, 2.24) is 9.78 Å². The topological polar surface area (TPSA) is 17.8 Å². The van der Waals surface area contributed by atoms with Crippen LogP contribution in [0, 0.1) is 6.92 Å². The zero-order chi connectivity index (χ0) is 15.1. The Hall–Kier alpha value is -1.78. The maximum atomic E-state index is 13.2. The number of aryl methyl sites for hydroxylation is 1. The van der Waals surface area contributed by atoms with Crippen molar-refractivity contribution in [3.05, 3.63) is 41.6 Å². The summed E-state index contributed by atoms with van der Waals surface area (Å²) in [6.45, 7) is 7.35. The molecular weight excluding hydrogens is 265 g/mol. The van der Waals surface area contributed by atoms with Crippen LogP contribution < -0.4 is 0 Å². The van der Waals surface area contributed by atoms with E-state index in [4.69, 9.17) is 0 Å². The molecule has 2 nitrogen and oxygen atoms in total. The van der Waals surface area contributed by atoms with E-state index in [2.05, 4.69) is 5.10 Å². The molecule has 108 valence electrons. The summed E-state index contributed by atoms with van der Waals surface area (Å²) in [4.78, 5) is 0. The molecule has 0 N–H and O–H groups in total. The minimum Gasteiger partial charge on any atom is -0.266 e. The van der Waals surface area contributed by atoms with Crippen LogP contribution in [0.15, 0.2) is 30.5 Å². The van der Waals surface area contributed by atoms with E-state index in [9.17, 15) is 13.2 Å². The van der Waals surface area contributed by atoms with Crippen molar-refractivity contribution in [1.29, 1.82) is 0 Å². The van der Waals surface area contributed by atoms with Gasteiger partial charge in [0.05, 0.1) is 5.54 Å². The second-order valence-electron chi connectivity index (χ2n) is 5.87. The molecular formula is C15H17F3N2. The lowest BCUT2D eigenvalue weighted by molar-refractivity contribution is -0.137. The summed E-state index contributed by atoms with van der Waals surface area (Å²) in [6.07, 6.45) is -3.33. The molecule has 0 unspecified atom stereocenters. The fourth-order valence-electron chi connectivity index (χ4n) is 1.85. The maximum absolute atomic E-state index is 13.2. The molecule has 0 aliphatic carbocycles. The lowest BCUT2D eigenvalue weighted by Gasteiger charge is -2.18. The zero-order valence-corrected chi connectivity index (χ0v) is 11.9. The van der Waals surface area contributed by atoms with E-state index in [1.54, 1.807) is 24.3 Å². The van der Waals surface area contributed by atoms with Gasteiger partial charge in [-0.2, -0.15) is 18.3 Å². The second-order valence-corrected chi connectivity index (χ2v) is 5.87. The van der Waals surface area contributed by atoms with Crippen LogP contribution >= 0.6 is 0 Å². The lowest BCUT2D eigenvalue weighted by Crippen LogP contribution is -2.22. The maximum Gasteiger partial charge on any atom is 0.420 e. The van der Waals surface area contributed by atoms with E-state index in [-0.39, 0.29) is 5.69 Å². The number of aromatic nitrogens is 2. The van der Waals surface area contributed by atoms with Crippen LogP contribution in [0.4, 0.5) is 13.2 Å². The molecule has 0 amide bonds. The summed E-state index contributed by atoms with van der Waals surface area (Å²) in [6, 6.07) is 6.90. The van der Waals surface area contributed by atoms with Gasteiger partial charge >= 0.3 is 6.18 Å². The highest BCUT2D eigenvalue weighted by Crippen LogP contribution is 2.37. The van der Waals surface area contributed by atoms with E-state index in [1.165, 1.54) is 4.68 Å². The molecule has 0 aliphatic rings. The van der Waals surface area contributed by atoms with E-state index >= 15 is 0 Å². The van der Waals surface area contributed by atoms with Crippen molar-refractivity contribution >= 4 is 0 Å². The van der Waals surface area contributed by atoms with Crippen LogP contribution in [0.3, 0.4) is 0 Å². The van der Waals surface area contributed by atoms with Gasteiger partial charge in [-0.05, 0) is 27.7 Å². The first-order valence-corrected chi connectivity index (χ1v) is 6.33. The fourth-order valence-corrected chi connectivity index (χ4v) is 1.85. The predicted molar refractivity (Wildman–Crippen MR) is 72.4 cm³/mol. The van der Waals surface area contributed by atoms with E-state index in [0.717, 1.165) is 11.8 Å². The molecule has 0 fully saturated rings. The zero-order valence-electron chi connectivity index (χ0n) is 11.9. The summed E-state index contributed by atoms with van der Waals surface area (Å²) in [5.41, 5.74) is 0.260. The first-order chi connectivity index (χ1) is 9.09. The van der Waals surface area contributed by atoms with Gasteiger partial charge in [-0.25, -0.2) is 0 Å². The Kier molecular flexibility index (Phi) is 3.40. The second kappa shape index (κ2) is 4.65. The highest BCUT2D eigenvalue weighted by atomic mass is 19.4. The molecule has 0 spiro atoms. The van der Waals surface area contributed by atoms with Crippen molar-refractivity contribution in [3.8, 4) is 11.3 Å². The number of hydrogen-bond donors (Lipinski definition) is 0. The first-order valence-electron chi connectivity index (χ1n) is 6.33. The van der Waals surface area contributed by atoms with Crippen molar-refractivity contribution in [2.24, 2.45) is 0 Å². The highest BCUT2D eigenvalue weighted by molar-refractivity contribution is 5.63. The summed E-state index contributed by atoms with van der Waals surface area (Å²) < 4.78 is 40.9. The Bertz CT molecular complexity index is 602. The average Bonchev–Trinajstić information content (AvgIpc) is 2.74. The molecule has 1 aromatic heterocycles. The molecule has 2 rings (SSSR count). The molecule has 0 atom stereocenters. The molecule has 0 aliphatic heterocycles. The van der Waals surface area contributed by atoms with Crippen LogP contribution in [-0.2, 0) is 11.7 Å². The van der Waals surface area contributed by atoms with Gasteiger partial charge in [0, 0.05) is 11.8 Å². The van der Waals surface area contributed by atoms with Gasteiger partial charge in [-0.3, -0.25) is 4.68 Å². The van der Waals surface area contributed by atoms with E-state index in [0.29, 0.717) is 5.56 Å². The molecule has 1 aromatic carbocycles. The number of nitrogens with zero attached hydrogens (tertiary/aromatic N) is 2. The Balaban J connectivity index is 2.62. The molecule has 1 heterocycles. The Labute approximate surface area is 116 Å². The number of alkyl halides is 3. The van der Waals surface area contributed by atoms with Gasteiger partial charge in [-0.1, -0.05) is 29.8 Å². The number of benzene rings is 1. The molecule has 0 radical (unpaired) electrons. The van der Waals surface area contributed by atoms with Crippen LogP contribution in [0.25, 0.3) is 11.3 Å². The number of hydrogen-bond acceptors (Lipinski definition) is 1. The fraction of sp³-hybridized carbons (Fsp3) is 0.400. The van der Waals surface area contributed by atoms with Gasteiger partial charge < -0.3 is 0 Å². The predicted octanol–water partition coefficient (Wildman–Crippen LogP) is 4.63. The largest absolute Gasteiger partial charge is 0.420 e. The quantitative estimate of drug-likeness (QED) is 0.745. The third-order valence-corrected chi connectivity index (χ3v) is 3.03. The van der Waals surface area contributed by atoms with Gasteiger partial charge in [-0.15, -0.1) is 0 Å². The van der Waals surface area contributed by atoms with Crippen molar-refractivity contribution < 1.29 is 13.2 Å². The van der Waals surface area contributed by atoms with E-state index in [1.807, 2.05) is 27.7 Å². The van der Waals surface area contributed by atoms with Gasteiger partial charge in [0.1, 0.15) is 11.3 Å². The Morgan fingerprint density at radius 3 is 2.00 bits per heavy atom. The van der Waals surface area contributed by atoms with E-state index < -0.39 is 17.3 Å². The lowest BCUT2D eigenvalue weighted by atomic mass is 10.1. The normalized spacial score (nSPS) is 12.8. The van der Waals surface area contributed by atoms with Crippen molar-refractivity contribution in [2.45, 2.75) is 39.4 Å². The monoisotopic (exact) mass is 282 g/mol. The SMILES string of the molecule is Cc1ccc(-c2nn(C(C)(C)C)cc2C(F)(F)F)cc1. The summed E-state index contributed by atoms with van der Waals surface area (Å²) >= 11 is 0. The van der Waals surface area contributed by atoms with Gasteiger partial charge in [0.25, 0.3) is 0 Å². The minimum atomic E-state index is -4.41. The van der Waals surface area contributed by atoms with Gasteiger partial charge in [0.15, 0.2) is 0 Å². The molecule has 2 aromatic rings. The standard InChI is InChI=1S/C15H17F3N2/c1-10-5-7-11(8-6-10)13-12(15(16,17)18)9-20(19-13)14(2,3)4/h5-9H,1-4H3. The third-order valence-electron chi connectivity index (χ3n) is 3.03. The van der Waals surface area contributed by atoms with Crippen molar-refractivity contribution in [2.75, 3.05) is 0 Å². The third kappa shape index (κ3) is 2.86. The number of rotatable bonds is 1. The summed E-state index contributed by atoms with van der Waals surface area (Å²) in [5, 5.41) is 4.14. The summed E-state index contributed by atoms with van der Waals surface area (Å²) in [7, 11) is 0. The molecule has 0 bridgehead atoms. The minimum absolute atomic E-state index is 0.0209. The summed E-state index contributed by atoms with van der Waals surface area (Å²) in [5.74, 6) is 0. The highest BCUT2D eigenvalue weighted by Gasteiger charge is 2.37. The Morgan fingerprint density at radius 1 is 1.00 bits per heavy atom. The molecule has 5 heteroatoms. The molecule has 20 heavy (non-hydrogen) atoms. The number of halogens is 3. The van der Waals surface area contributed by atoms with Crippen LogP contribution in [0.5, 0.6) is 0 Å². The van der Waals surface area contributed by atoms with Crippen LogP contribution in [0.2, 0.25) is 0 Å². The van der Waals surface area contributed by atoms with Crippen LogP contribution in [0.1, 0.15) is 31.9 Å². The smallest absolute Gasteiger partial charge is 0.266 e. The Morgan fingerprint density at radius 2 is 1.55 bits per heavy atom. The first kappa shape index (κ1) is 14.6. The molecule has 0 saturated carbocycles. The average molecular weight is 282 g/mol. The van der Waals surface area contributed by atoms with Crippen molar-refractivity contribution in [3.63, 3.8) is 0 Å².